The summed E-state index contributed by atoms with van der Waals surface area (Å²) >= 11 is 0. The van der Waals surface area contributed by atoms with Crippen LogP contribution in [0.3, 0.4) is 0 Å². The van der Waals surface area contributed by atoms with Crippen LogP contribution in [-0.4, -0.2) is 23.4 Å². The van der Waals surface area contributed by atoms with Gasteiger partial charge in [0, 0.05) is 6.42 Å². The number of allylic oxidation sites excluding steroid dienone is 1. The monoisotopic (exact) mass is 234 g/mol. The molecule has 2 aliphatic carbocycles. The van der Waals surface area contributed by atoms with Crippen LogP contribution in [0, 0.1) is 5.41 Å². The summed E-state index contributed by atoms with van der Waals surface area (Å²) in [5.74, 6) is 0. The molecule has 0 aromatic rings. The largest absolute Gasteiger partial charge is 0.366 e. The predicted molar refractivity (Wildman–Crippen MR) is 65.8 cm³/mol. The molecule has 4 aliphatic rings. The highest BCUT2D eigenvalue weighted by Gasteiger charge is 2.68. The molecule has 0 N–H and O–H groups in total. The number of ether oxygens (including phenoxy) is 2. The third kappa shape index (κ3) is 1.53. The Morgan fingerprint density at radius 1 is 1.18 bits per heavy atom. The summed E-state index contributed by atoms with van der Waals surface area (Å²) in [6, 6.07) is 0. The predicted octanol–water partition coefficient (Wildman–Crippen LogP) is 3.21. The molecule has 3 fully saturated rings. The van der Waals surface area contributed by atoms with Crippen LogP contribution in [0.2, 0.25) is 0 Å². The maximum atomic E-state index is 6.03. The van der Waals surface area contributed by atoms with E-state index in [0.717, 1.165) is 6.42 Å². The number of fused-ring (bicyclic) bond motifs is 2. The molecule has 17 heavy (non-hydrogen) atoms. The third-order valence-electron chi connectivity index (χ3n) is 5.12. The Labute approximate surface area is 103 Å². The van der Waals surface area contributed by atoms with Crippen molar-refractivity contribution in [1.29, 1.82) is 0 Å². The molecule has 0 bridgehead atoms. The second-order valence-electron chi connectivity index (χ2n) is 7.22. The van der Waals surface area contributed by atoms with Crippen LogP contribution in [0.25, 0.3) is 0 Å². The molecule has 0 aromatic heterocycles. The lowest BCUT2D eigenvalue weighted by Crippen LogP contribution is -2.34. The summed E-state index contributed by atoms with van der Waals surface area (Å²) in [5.41, 5.74) is 0.640. The smallest absolute Gasteiger partial charge is 0.106 e. The van der Waals surface area contributed by atoms with E-state index in [1.54, 1.807) is 0 Å². The highest BCUT2D eigenvalue weighted by Crippen LogP contribution is 2.61. The molecule has 0 amide bonds. The molecular weight excluding hydrogens is 212 g/mol. The van der Waals surface area contributed by atoms with Crippen molar-refractivity contribution in [2.24, 2.45) is 5.41 Å². The Hall–Kier alpha value is -0.340. The van der Waals surface area contributed by atoms with Gasteiger partial charge in [-0.1, -0.05) is 38.8 Å². The lowest BCUT2D eigenvalue weighted by molar-refractivity contribution is 0.163. The Balaban J connectivity index is 1.52. The van der Waals surface area contributed by atoms with E-state index in [4.69, 9.17) is 9.47 Å². The zero-order valence-corrected chi connectivity index (χ0v) is 10.9. The molecule has 2 aliphatic heterocycles. The zero-order valence-electron chi connectivity index (χ0n) is 10.9. The maximum absolute atomic E-state index is 6.03. The third-order valence-corrected chi connectivity index (χ3v) is 5.12. The van der Waals surface area contributed by atoms with Crippen molar-refractivity contribution < 1.29 is 9.47 Å². The van der Waals surface area contributed by atoms with Crippen LogP contribution in [-0.2, 0) is 9.47 Å². The highest BCUT2D eigenvalue weighted by molar-refractivity contribution is 5.26. The average Bonchev–Trinajstić information content (AvgIpc) is 3.10. The van der Waals surface area contributed by atoms with Gasteiger partial charge >= 0.3 is 0 Å². The number of hydrogen-bond acceptors (Lipinski definition) is 2. The maximum Gasteiger partial charge on any atom is 0.106 e. The first-order valence-corrected chi connectivity index (χ1v) is 7.09. The van der Waals surface area contributed by atoms with E-state index in [1.165, 1.54) is 32.1 Å². The minimum atomic E-state index is 0.129. The van der Waals surface area contributed by atoms with Crippen molar-refractivity contribution in [2.75, 3.05) is 0 Å². The molecule has 94 valence electrons. The lowest BCUT2D eigenvalue weighted by Gasteiger charge is -2.30. The van der Waals surface area contributed by atoms with Gasteiger partial charge in [-0.2, -0.15) is 0 Å². The standard InChI is InChI=1S/C15H22O2/c1-13(2)8-6-12-15(9-13,17-12)10-14-7-4-3-5-11(14)16-14/h6,8,11-12H,3-5,7,9-10H2,1-2H3. The molecule has 2 heteroatoms. The van der Waals surface area contributed by atoms with Crippen LogP contribution in [0.5, 0.6) is 0 Å². The van der Waals surface area contributed by atoms with Crippen LogP contribution in [0.1, 0.15) is 52.4 Å². The minimum absolute atomic E-state index is 0.129. The summed E-state index contributed by atoms with van der Waals surface area (Å²) in [5, 5.41) is 0. The molecule has 2 nitrogen and oxygen atoms in total. The molecule has 0 spiro atoms. The molecule has 4 unspecified atom stereocenters. The fourth-order valence-corrected chi connectivity index (χ4v) is 4.25. The number of epoxide rings is 2. The van der Waals surface area contributed by atoms with E-state index < -0.39 is 0 Å². The molecular formula is C15H22O2. The van der Waals surface area contributed by atoms with Crippen LogP contribution in [0.15, 0.2) is 12.2 Å². The van der Waals surface area contributed by atoms with E-state index in [-0.39, 0.29) is 11.2 Å². The Bertz CT molecular complexity index is 386. The van der Waals surface area contributed by atoms with Crippen molar-refractivity contribution >= 4 is 0 Å². The fourth-order valence-electron chi connectivity index (χ4n) is 4.25. The van der Waals surface area contributed by atoms with Gasteiger partial charge in [0.1, 0.15) is 11.7 Å². The molecule has 0 aromatic carbocycles. The highest BCUT2D eigenvalue weighted by atomic mass is 16.6. The van der Waals surface area contributed by atoms with Crippen molar-refractivity contribution in [3.63, 3.8) is 0 Å². The van der Waals surface area contributed by atoms with Gasteiger partial charge in [0.2, 0.25) is 0 Å². The van der Waals surface area contributed by atoms with Crippen molar-refractivity contribution in [3.8, 4) is 0 Å². The first kappa shape index (κ1) is 10.6. The molecule has 2 saturated heterocycles. The summed E-state index contributed by atoms with van der Waals surface area (Å²) in [4.78, 5) is 0. The Kier molecular flexibility index (Phi) is 1.85. The second kappa shape index (κ2) is 2.97. The normalized spacial score (nSPS) is 53.8. The van der Waals surface area contributed by atoms with E-state index >= 15 is 0 Å². The van der Waals surface area contributed by atoms with Crippen LogP contribution in [0.4, 0.5) is 0 Å². The van der Waals surface area contributed by atoms with Crippen LogP contribution < -0.4 is 0 Å². The molecule has 0 radical (unpaired) electrons. The van der Waals surface area contributed by atoms with Gasteiger partial charge in [0.05, 0.1) is 11.7 Å². The van der Waals surface area contributed by atoms with E-state index in [1.807, 2.05) is 0 Å². The van der Waals surface area contributed by atoms with Gasteiger partial charge in [-0.3, -0.25) is 0 Å². The summed E-state index contributed by atoms with van der Waals surface area (Å²) < 4.78 is 12.1. The first-order chi connectivity index (χ1) is 8.04. The van der Waals surface area contributed by atoms with Gasteiger partial charge in [-0.15, -0.1) is 0 Å². The fraction of sp³-hybridized carbons (Fsp3) is 0.867. The molecule has 1 saturated carbocycles. The van der Waals surface area contributed by atoms with Crippen molar-refractivity contribution in [2.45, 2.75) is 75.8 Å². The van der Waals surface area contributed by atoms with Gasteiger partial charge in [-0.05, 0) is 24.7 Å². The minimum Gasteiger partial charge on any atom is -0.366 e. The summed E-state index contributed by atoms with van der Waals surface area (Å²) in [6.45, 7) is 4.62. The Morgan fingerprint density at radius 2 is 2.06 bits per heavy atom. The summed E-state index contributed by atoms with van der Waals surface area (Å²) in [6.07, 6.45) is 13.1. The lowest BCUT2D eigenvalue weighted by atomic mass is 9.71. The molecule has 2 heterocycles. The average molecular weight is 234 g/mol. The van der Waals surface area contributed by atoms with Gasteiger partial charge in [0.15, 0.2) is 0 Å². The van der Waals surface area contributed by atoms with Crippen molar-refractivity contribution in [3.05, 3.63) is 12.2 Å². The van der Waals surface area contributed by atoms with Gasteiger partial charge in [0.25, 0.3) is 0 Å². The number of hydrogen-bond donors (Lipinski definition) is 0. The first-order valence-electron chi connectivity index (χ1n) is 7.09. The van der Waals surface area contributed by atoms with Crippen LogP contribution >= 0.6 is 0 Å². The zero-order chi connectivity index (χ0) is 11.7. The SMILES string of the molecule is CC1(C)C=CC2OC2(CC23CCCCC2O3)C1. The van der Waals surface area contributed by atoms with Gasteiger partial charge in [-0.25, -0.2) is 0 Å². The summed E-state index contributed by atoms with van der Waals surface area (Å²) in [7, 11) is 0. The van der Waals surface area contributed by atoms with E-state index in [2.05, 4.69) is 26.0 Å². The quantitative estimate of drug-likeness (QED) is 0.541. The van der Waals surface area contributed by atoms with E-state index in [9.17, 15) is 0 Å². The Morgan fingerprint density at radius 3 is 2.88 bits per heavy atom. The molecule has 4 rings (SSSR count). The topological polar surface area (TPSA) is 25.1 Å². The van der Waals surface area contributed by atoms with E-state index in [0.29, 0.717) is 17.6 Å². The van der Waals surface area contributed by atoms with Gasteiger partial charge < -0.3 is 9.47 Å². The van der Waals surface area contributed by atoms with Crippen molar-refractivity contribution in [1.82, 2.24) is 0 Å². The number of rotatable bonds is 2. The second-order valence-corrected chi connectivity index (χ2v) is 7.22. The molecule has 4 atom stereocenters.